The highest BCUT2D eigenvalue weighted by molar-refractivity contribution is 5.58. The molecule has 3 aliphatic rings. The summed E-state index contributed by atoms with van der Waals surface area (Å²) in [5, 5.41) is 0. The van der Waals surface area contributed by atoms with Crippen LogP contribution in [0.3, 0.4) is 0 Å². The van der Waals surface area contributed by atoms with Crippen molar-refractivity contribution in [1.29, 1.82) is 0 Å². The van der Waals surface area contributed by atoms with E-state index in [-0.39, 0.29) is 67.2 Å². The van der Waals surface area contributed by atoms with E-state index in [1.54, 1.807) is 38.2 Å². The smallest absolute Gasteiger partial charge is 0.247 e. The Kier molecular flexibility index (Phi) is 14.7. The second kappa shape index (κ2) is 19.9. The van der Waals surface area contributed by atoms with Crippen molar-refractivity contribution in [2.24, 2.45) is 52.5 Å². The van der Waals surface area contributed by atoms with Gasteiger partial charge in [-0.1, -0.05) is 68.4 Å². The van der Waals surface area contributed by atoms with Crippen LogP contribution in [0.2, 0.25) is 0 Å². The van der Waals surface area contributed by atoms with Crippen LogP contribution in [0.1, 0.15) is 149 Å². The van der Waals surface area contributed by atoms with Crippen LogP contribution >= 0.6 is 0 Å². The van der Waals surface area contributed by atoms with Gasteiger partial charge in [-0.15, -0.1) is 0 Å². The molecule has 3 aliphatic carbocycles. The molecule has 20 heteroatoms. The van der Waals surface area contributed by atoms with Crippen LogP contribution in [0, 0.1) is 46.3 Å². The Morgan fingerprint density at radius 3 is 1.20 bits per heavy atom. The van der Waals surface area contributed by atoms with Gasteiger partial charge in [-0.2, -0.15) is 4.99 Å². The molecule has 0 radical (unpaired) electrons. The van der Waals surface area contributed by atoms with Crippen molar-refractivity contribution in [3.8, 4) is 17.1 Å². The molecule has 6 atom stereocenters. The van der Waals surface area contributed by atoms with Crippen molar-refractivity contribution in [2.45, 2.75) is 152 Å². The van der Waals surface area contributed by atoms with Crippen LogP contribution < -0.4 is 34.1 Å². The lowest BCUT2D eigenvalue weighted by Crippen LogP contribution is -2.58. The van der Waals surface area contributed by atoms with Crippen LogP contribution in [0.15, 0.2) is 85.1 Å². The Morgan fingerprint density at radius 1 is 0.446 bits per heavy atom. The van der Waals surface area contributed by atoms with E-state index in [0.29, 0.717) is 44.1 Å². The fraction of sp³-hybridized carbons (Fsp3) is 0.593. The molecule has 0 aliphatic heterocycles. The summed E-state index contributed by atoms with van der Waals surface area (Å²) in [4.78, 5) is 152. The third kappa shape index (κ3) is 10.7. The lowest BCUT2D eigenvalue weighted by Gasteiger charge is -2.47. The first-order valence-electron chi connectivity index (χ1n) is 25.0. The second-order valence-corrected chi connectivity index (χ2v) is 24.8. The molecule has 3 saturated carbocycles. The normalized spacial score (nSPS) is 25.9. The van der Waals surface area contributed by atoms with Gasteiger partial charge in [0, 0.05) is 18.1 Å². The fourth-order valence-electron chi connectivity index (χ4n) is 14.0. The number of carbonyl (C=O) groups excluding carboxylic acids is 4. The molecule has 6 unspecified atom stereocenters. The van der Waals surface area contributed by atoms with Gasteiger partial charge in [-0.05, 0) is 146 Å². The van der Waals surface area contributed by atoms with E-state index in [1.165, 1.54) is 36.4 Å². The quantitative estimate of drug-likeness (QED) is 0.104. The van der Waals surface area contributed by atoms with Gasteiger partial charge in [0.15, 0.2) is 0 Å². The van der Waals surface area contributed by atoms with Gasteiger partial charge in [0.1, 0.15) is 0 Å². The fourth-order valence-corrected chi connectivity index (χ4v) is 14.0. The van der Waals surface area contributed by atoms with Gasteiger partial charge in [-0.3, -0.25) is 0 Å². The van der Waals surface area contributed by atoms with E-state index in [1.807, 2.05) is 62.3 Å². The van der Waals surface area contributed by atoms with Gasteiger partial charge >= 0.3 is 34.1 Å². The summed E-state index contributed by atoms with van der Waals surface area (Å²) >= 11 is 0. The molecule has 2 aromatic carbocycles. The zero-order valence-electron chi connectivity index (χ0n) is 44.2. The minimum absolute atomic E-state index is 0.00835. The average molecular weight is 1020 g/mol. The summed E-state index contributed by atoms with van der Waals surface area (Å²) < 4.78 is 5.94. The van der Waals surface area contributed by atoms with Crippen molar-refractivity contribution < 1.29 is 19.2 Å². The minimum atomic E-state index is -1.06. The first-order valence-corrected chi connectivity index (χ1v) is 25.0. The molecule has 0 spiro atoms. The van der Waals surface area contributed by atoms with E-state index in [0.717, 1.165) is 27.4 Å². The first kappa shape index (κ1) is 54.6. The summed E-state index contributed by atoms with van der Waals surface area (Å²) in [5.74, 6) is 0. The highest BCUT2D eigenvalue weighted by Crippen LogP contribution is 2.52. The summed E-state index contributed by atoms with van der Waals surface area (Å²) in [6, 6.07) is 6.41. The van der Waals surface area contributed by atoms with Gasteiger partial charge in [-0.25, -0.2) is 90.3 Å². The number of aryl methyl sites for hydroxylation is 2. The highest BCUT2D eigenvalue weighted by Gasteiger charge is 2.47. The van der Waals surface area contributed by atoms with Crippen LogP contribution in [-0.4, -0.2) is 71.4 Å². The van der Waals surface area contributed by atoms with Gasteiger partial charge in [0.25, 0.3) is 0 Å². The number of nitrogens with zero attached hydrogens (tertiary/aromatic N) is 10. The maximum atomic E-state index is 15.2. The predicted molar refractivity (Wildman–Crippen MR) is 277 cm³/mol. The Hall–Kier alpha value is -7.22. The molecule has 3 fully saturated rings. The van der Waals surface area contributed by atoms with Crippen molar-refractivity contribution in [2.75, 3.05) is 19.6 Å². The molecule has 7 rings (SSSR count). The van der Waals surface area contributed by atoms with Crippen LogP contribution in [0.5, 0.6) is 0 Å². The largest absolute Gasteiger partial charge is 0.345 e. The summed E-state index contributed by atoms with van der Waals surface area (Å²) in [6.45, 7) is 21.4. The molecule has 4 aromatic rings. The molecule has 2 aromatic heterocycles. The topological polar surface area (TPSA) is 250 Å². The second-order valence-electron chi connectivity index (χ2n) is 24.8. The maximum Gasteiger partial charge on any atom is 0.345 e. The molecule has 392 valence electrons. The molecule has 2 heterocycles. The average Bonchev–Trinajstić information content (AvgIpc) is 3.27. The third-order valence-electron chi connectivity index (χ3n) is 15.6. The van der Waals surface area contributed by atoms with Crippen LogP contribution in [0.25, 0.3) is 17.1 Å². The highest BCUT2D eigenvalue weighted by atomic mass is 16.2. The van der Waals surface area contributed by atoms with Gasteiger partial charge in [0.05, 0.1) is 42.4 Å². The maximum absolute atomic E-state index is 15.2. The van der Waals surface area contributed by atoms with Crippen LogP contribution in [0.4, 0.5) is 5.69 Å². The minimum Gasteiger partial charge on any atom is -0.247 e. The molecule has 0 saturated heterocycles. The molecule has 20 nitrogen and oxygen atoms in total. The number of hydrogen-bond acceptors (Lipinski definition) is 14. The SMILES string of the molecule is Cc1ccc(-n2c(=O)n(-c3ccc(-n4c(=O)n(C5CC(C)(C)CC(C)(CN=C=O)C5)c(=O)n(C5CC(C)(C)CC(C)(CN=C=O)C5)c4=O)cc3C)c(=O)n(C3CC(C)(C)CC(C)(CN=C=O)C3)c2=O)cc1N=C=O. The lowest BCUT2D eigenvalue weighted by molar-refractivity contribution is 0.0500. The molecule has 74 heavy (non-hydrogen) atoms. The van der Waals surface area contributed by atoms with Crippen molar-refractivity contribution in [3.63, 3.8) is 0 Å². The van der Waals surface area contributed by atoms with Crippen molar-refractivity contribution in [1.82, 2.24) is 27.4 Å². The first-order chi connectivity index (χ1) is 34.5. The Morgan fingerprint density at radius 2 is 0.811 bits per heavy atom. The Labute approximate surface area is 426 Å². The Bertz CT molecular complexity index is 3420. The number of benzene rings is 2. The summed E-state index contributed by atoms with van der Waals surface area (Å²) in [6.07, 6.45) is 10.0. The molecular weight excluding hydrogens is 949 g/mol. The van der Waals surface area contributed by atoms with E-state index in [9.17, 15) is 28.8 Å². The van der Waals surface area contributed by atoms with E-state index >= 15 is 19.2 Å². The molecule has 0 N–H and O–H groups in total. The Balaban J connectivity index is 1.50. The van der Waals surface area contributed by atoms with E-state index < -0.39 is 84.8 Å². The standard InChI is InChI=1S/C54H66N10O10/c1-34-12-13-37(17-41(34)58-33-68)60-45(71)63(40-20-51(7,8)26-54(11,23-40)29-57-32-67)48(74)64(47(60)73)42-15-14-36(16-35(42)2)59-43(69)61(38-18-49(3,4)24-52(9,21-38)27-55-30-65)46(72)62(44(59)70)39-19-50(5,6)25-53(10,22-39)28-56-31-66/h12-17,38-40H,18-29H2,1-11H3. The van der Waals surface area contributed by atoms with Crippen molar-refractivity contribution in [3.05, 3.63) is 110 Å². The van der Waals surface area contributed by atoms with Gasteiger partial charge < -0.3 is 0 Å². The van der Waals surface area contributed by atoms with Crippen molar-refractivity contribution >= 4 is 30.0 Å². The third-order valence-corrected chi connectivity index (χ3v) is 15.6. The van der Waals surface area contributed by atoms with Crippen LogP contribution in [-0.2, 0) is 19.2 Å². The lowest BCUT2D eigenvalue weighted by atomic mass is 9.62. The number of hydrogen-bond donors (Lipinski definition) is 0. The number of isocyanates is 4. The molecule has 0 bridgehead atoms. The van der Waals surface area contributed by atoms with Gasteiger partial charge in [0.2, 0.25) is 24.3 Å². The zero-order valence-corrected chi connectivity index (χ0v) is 44.2. The zero-order chi connectivity index (χ0) is 54.5. The monoisotopic (exact) mass is 1010 g/mol. The summed E-state index contributed by atoms with van der Waals surface area (Å²) in [7, 11) is 0. The summed E-state index contributed by atoms with van der Waals surface area (Å²) in [5.41, 5.74) is -7.94. The molecular formula is C54H66N10O10. The molecule has 0 amide bonds. The van der Waals surface area contributed by atoms with E-state index in [2.05, 4.69) is 20.0 Å². The van der Waals surface area contributed by atoms with E-state index in [4.69, 9.17) is 0 Å². The number of rotatable bonds is 13. The number of aromatic nitrogens is 6. The predicted octanol–water partition coefficient (Wildman–Crippen LogP) is 6.49. The number of aliphatic imine (C=N–C) groups is 4.